The number of aromatic nitrogens is 2. The molecule has 0 radical (unpaired) electrons. The van der Waals surface area contributed by atoms with Gasteiger partial charge in [-0.25, -0.2) is 5.43 Å². The Morgan fingerprint density at radius 2 is 2.21 bits per heavy atom. The maximum Gasteiger partial charge on any atom is 0.161 e. The van der Waals surface area contributed by atoms with Crippen molar-refractivity contribution in [1.29, 1.82) is 0 Å². The minimum Gasteiger partial charge on any atom is -0.493 e. The number of nitrogens with one attached hydrogen (secondary N) is 1. The zero-order valence-corrected chi connectivity index (χ0v) is 12.7. The zero-order chi connectivity index (χ0) is 14.0. The monoisotopic (exact) mass is 324 g/mol. The van der Waals surface area contributed by atoms with E-state index in [1.54, 1.807) is 18.0 Å². The van der Waals surface area contributed by atoms with Gasteiger partial charge in [-0.15, -0.1) is 0 Å². The standard InChI is InChI=1S/C13H17BrN4O/c1-8-4-5-9(6-10(8)14)12(17-15)13-11(19-3)7-16-18(13)2/h4-7,12,17H,15H2,1-3H3. The Kier molecular flexibility index (Phi) is 4.24. The molecule has 3 N–H and O–H groups in total. The first-order chi connectivity index (χ1) is 9.08. The van der Waals surface area contributed by atoms with Crippen LogP contribution in [0, 0.1) is 6.92 Å². The van der Waals surface area contributed by atoms with Crippen molar-refractivity contribution < 1.29 is 4.74 Å². The second-order valence-electron chi connectivity index (χ2n) is 4.33. The van der Waals surface area contributed by atoms with Crippen molar-refractivity contribution >= 4 is 15.9 Å². The van der Waals surface area contributed by atoms with Crippen LogP contribution in [-0.2, 0) is 7.05 Å². The Balaban J connectivity index is 2.49. The van der Waals surface area contributed by atoms with E-state index in [9.17, 15) is 0 Å². The molecular weight excluding hydrogens is 308 g/mol. The van der Waals surface area contributed by atoms with Gasteiger partial charge in [-0.2, -0.15) is 5.10 Å². The summed E-state index contributed by atoms with van der Waals surface area (Å²) in [6.45, 7) is 2.05. The van der Waals surface area contributed by atoms with Gasteiger partial charge in [-0.1, -0.05) is 28.1 Å². The first kappa shape index (κ1) is 14.0. The predicted octanol–water partition coefficient (Wildman–Crippen LogP) is 2.05. The minimum absolute atomic E-state index is 0.181. The van der Waals surface area contributed by atoms with Gasteiger partial charge >= 0.3 is 0 Å². The van der Waals surface area contributed by atoms with Crippen molar-refractivity contribution in [1.82, 2.24) is 15.2 Å². The normalized spacial score (nSPS) is 12.5. The lowest BCUT2D eigenvalue weighted by Gasteiger charge is -2.19. The summed E-state index contributed by atoms with van der Waals surface area (Å²) in [5.41, 5.74) is 5.93. The van der Waals surface area contributed by atoms with Gasteiger partial charge in [-0.3, -0.25) is 10.5 Å². The van der Waals surface area contributed by atoms with E-state index in [0.717, 1.165) is 15.7 Å². The van der Waals surface area contributed by atoms with E-state index in [2.05, 4.69) is 26.5 Å². The molecule has 19 heavy (non-hydrogen) atoms. The number of ether oxygens (including phenoxy) is 1. The number of rotatable bonds is 4. The van der Waals surface area contributed by atoms with Gasteiger partial charge in [-0.05, 0) is 24.1 Å². The van der Waals surface area contributed by atoms with Crippen molar-refractivity contribution in [3.05, 3.63) is 45.7 Å². The van der Waals surface area contributed by atoms with Crippen LogP contribution in [0.15, 0.2) is 28.9 Å². The lowest BCUT2D eigenvalue weighted by Crippen LogP contribution is -2.30. The summed E-state index contributed by atoms with van der Waals surface area (Å²) in [5.74, 6) is 6.42. The Hall–Kier alpha value is -1.37. The summed E-state index contributed by atoms with van der Waals surface area (Å²) < 4.78 is 8.14. The van der Waals surface area contributed by atoms with E-state index in [4.69, 9.17) is 10.6 Å². The van der Waals surface area contributed by atoms with Crippen LogP contribution in [0.25, 0.3) is 0 Å². The summed E-state index contributed by atoms with van der Waals surface area (Å²) in [5, 5.41) is 4.21. The molecule has 1 heterocycles. The van der Waals surface area contributed by atoms with E-state index >= 15 is 0 Å². The fourth-order valence-corrected chi connectivity index (χ4v) is 2.43. The van der Waals surface area contributed by atoms with Gasteiger partial charge in [0.15, 0.2) is 5.75 Å². The zero-order valence-electron chi connectivity index (χ0n) is 11.1. The van der Waals surface area contributed by atoms with Crippen molar-refractivity contribution in [3.63, 3.8) is 0 Å². The van der Waals surface area contributed by atoms with Crippen LogP contribution in [0.5, 0.6) is 5.75 Å². The number of hydrogen-bond donors (Lipinski definition) is 2. The molecular formula is C13H17BrN4O. The molecule has 6 heteroatoms. The summed E-state index contributed by atoms with van der Waals surface area (Å²) in [6.07, 6.45) is 1.68. The van der Waals surface area contributed by atoms with Gasteiger partial charge in [0, 0.05) is 11.5 Å². The van der Waals surface area contributed by atoms with Crippen LogP contribution in [0.4, 0.5) is 0 Å². The lowest BCUT2D eigenvalue weighted by atomic mass is 10.0. The Morgan fingerprint density at radius 1 is 1.47 bits per heavy atom. The highest BCUT2D eigenvalue weighted by atomic mass is 79.9. The highest BCUT2D eigenvalue weighted by Gasteiger charge is 2.21. The number of benzene rings is 1. The van der Waals surface area contributed by atoms with Crippen LogP contribution < -0.4 is 16.0 Å². The molecule has 0 aliphatic rings. The molecule has 0 saturated carbocycles. The first-order valence-corrected chi connectivity index (χ1v) is 6.65. The molecule has 1 aromatic heterocycles. The van der Waals surface area contributed by atoms with Crippen LogP contribution in [0.3, 0.4) is 0 Å². The molecule has 1 aromatic carbocycles. The molecule has 102 valence electrons. The van der Waals surface area contributed by atoms with E-state index in [1.807, 2.05) is 32.2 Å². The van der Waals surface area contributed by atoms with Crippen molar-refractivity contribution in [2.24, 2.45) is 12.9 Å². The van der Waals surface area contributed by atoms with Crippen LogP contribution in [-0.4, -0.2) is 16.9 Å². The van der Waals surface area contributed by atoms with E-state index < -0.39 is 0 Å². The second kappa shape index (κ2) is 5.73. The van der Waals surface area contributed by atoms with Crippen LogP contribution in [0.2, 0.25) is 0 Å². The maximum atomic E-state index is 5.71. The predicted molar refractivity (Wildman–Crippen MR) is 77.8 cm³/mol. The largest absolute Gasteiger partial charge is 0.493 e. The molecule has 0 spiro atoms. The fourth-order valence-electron chi connectivity index (χ4n) is 2.03. The number of aryl methyl sites for hydroxylation is 2. The van der Waals surface area contributed by atoms with Crippen molar-refractivity contribution in [2.75, 3.05) is 7.11 Å². The smallest absolute Gasteiger partial charge is 0.161 e. The highest BCUT2D eigenvalue weighted by Crippen LogP contribution is 2.30. The van der Waals surface area contributed by atoms with E-state index in [0.29, 0.717) is 5.75 Å². The van der Waals surface area contributed by atoms with Crippen LogP contribution in [0.1, 0.15) is 22.9 Å². The summed E-state index contributed by atoms with van der Waals surface area (Å²) in [7, 11) is 3.49. The summed E-state index contributed by atoms with van der Waals surface area (Å²) >= 11 is 3.54. The Morgan fingerprint density at radius 3 is 2.79 bits per heavy atom. The molecule has 5 nitrogen and oxygen atoms in total. The number of nitrogens with zero attached hydrogens (tertiary/aromatic N) is 2. The Labute approximate surface area is 120 Å². The minimum atomic E-state index is -0.181. The van der Waals surface area contributed by atoms with Gasteiger partial charge in [0.25, 0.3) is 0 Å². The molecule has 2 rings (SSSR count). The molecule has 0 amide bonds. The average Bonchev–Trinajstić information content (AvgIpc) is 2.76. The van der Waals surface area contributed by atoms with E-state index in [1.165, 1.54) is 5.56 Å². The summed E-state index contributed by atoms with van der Waals surface area (Å²) in [6, 6.07) is 5.95. The highest BCUT2D eigenvalue weighted by molar-refractivity contribution is 9.10. The average molecular weight is 325 g/mol. The SMILES string of the molecule is COc1cnn(C)c1C(NN)c1ccc(C)c(Br)c1. The molecule has 1 atom stereocenters. The van der Waals surface area contributed by atoms with Crippen molar-refractivity contribution in [3.8, 4) is 5.75 Å². The molecule has 0 aliphatic heterocycles. The second-order valence-corrected chi connectivity index (χ2v) is 5.18. The van der Waals surface area contributed by atoms with E-state index in [-0.39, 0.29) is 6.04 Å². The topological polar surface area (TPSA) is 65.1 Å². The Bertz CT molecular complexity index is 582. The molecule has 0 aliphatic carbocycles. The maximum absolute atomic E-state index is 5.71. The third-order valence-corrected chi connectivity index (χ3v) is 3.99. The number of hydrazine groups is 1. The van der Waals surface area contributed by atoms with Gasteiger partial charge in [0.2, 0.25) is 0 Å². The number of hydrogen-bond acceptors (Lipinski definition) is 4. The van der Waals surface area contributed by atoms with Crippen molar-refractivity contribution in [2.45, 2.75) is 13.0 Å². The third-order valence-electron chi connectivity index (χ3n) is 3.14. The van der Waals surface area contributed by atoms with Crippen LogP contribution >= 0.6 is 15.9 Å². The number of nitrogens with two attached hydrogens (primary N) is 1. The molecule has 1 unspecified atom stereocenters. The number of methoxy groups -OCH3 is 1. The number of halogens is 1. The molecule has 2 aromatic rings. The first-order valence-electron chi connectivity index (χ1n) is 5.86. The molecule has 0 fully saturated rings. The van der Waals surface area contributed by atoms with Gasteiger partial charge in [0.1, 0.15) is 5.69 Å². The quantitative estimate of drug-likeness (QED) is 0.667. The summed E-state index contributed by atoms with van der Waals surface area (Å²) in [4.78, 5) is 0. The lowest BCUT2D eigenvalue weighted by molar-refractivity contribution is 0.401. The fraction of sp³-hybridized carbons (Fsp3) is 0.308. The van der Waals surface area contributed by atoms with Gasteiger partial charge < -0.3 is 4.74 Å². The molecule has 0 saturated heterocycles. The van der Waals surface area contributed by atoms with Gasteiger partial charge in [0.05, 0.1) is 19.3 Å². The third kappa shape index (κ3) is 2.65. The molecule has 0 bridgehead atoms.